The third-order valence-electron chi connectivity index (χ3n) is 5.72. The summed E-state index contributed by atoms with van der Waals surface area (Å²) in [5, 5.41) is 2.84. The van der Waals surface area contributed by atoms with E-state index in [9.17, 15) is 9.59 Å². The predicted molar refractivity (Wildman–Crippen MR) is 119 cm³/mol. The molecule has 4 rings (SSSR count). The maximum Gasteiger partial charge on any atom is 0.291 e. The summed E-state index contributed by atoms with van der Waals surface area (Å²) in [5.41, 5.74) is 3.21. The Morgan fingerprint density at radius 3 is 2.81 bits per heavy atom. The molecule has 2 amide bonds. The summed E-state index contributed by atoms with van der Waals surface area (Å²) in [5.74, 6) is 0.701. The summed E-state index contributed by atoms with van der Waals surface area (Å²) in [4.78, 5) is 27.6. The number of ether oxygens (including phenoxy) is 1. The van der Waals surface area contributed by atoms with E-state index < -0.39 is 0 Å². The van der Waals surface area contributed by atoms with Crippen LogP contribution < -0.4 is 10.1 Å². The first-order chi connectivity index (χ1) is 15.0. The number of carbonyl (C=O) groups is 2. The number of furan rings is 1. The van der Waals surface area contributed by atoms with Crippen molar-refractivity contribution >= 4 is 17.5 Å². The SMILES string of the molecule is COc1cccc(CC2CCCN2C(=O)c2ccc(C)c(NC(=O)c3ccco3)c2)c1. The van der Waals surface area contributed by atoms with Crippen LogP contribution in [0.1, 0.15) is 44.9 Å². The summed E-state index contributed by atoms with van der Waals surface area (Å²) < 4.78 is 10.5. The molecule has 0 radical (unpaired) electrons. The molecule has 1 aliphatic heterocycles. The van der Waals surface area contributed by atoms with Crippen molar-refractivity contribution in [1.29, 1.82) is 0 Å². The highest BCUT2D eigenvalue weighted by molar-refractivity contribution is 6.04. The van der Waals surface area contributed by atoms with Crippen molar-refractivity contribution in [1.82, 2.24) is 4.90 Å². The number of likely N-dealkylation sites (tertiary alicyclic amines) is 1. The van der Waals surface area contributed by atoms with Crippen molar-refractivity contribution in [3.05, 3.63) is 83.3 Å². The molecule has 0 aliphatic carbocycles. The Hall–Kier alpha value is -3.54. The van der Waals surface area contributed by atoms with Crippen LogP contribution in [0.3, 0.4) is 0 Å². The number of nitrogens with zero attached hydrogens (tertiary/aromatic N) is 1. The molecule has 6 nitrogen and oxygen atoms in total. The first kappa shape index (κ1) is 20.7. The largest absolute Gasteiger partial charge is 0.497 e. The smallest absolute Gasteiger partial charge is 0.291 e. The number of aryl methyl sites for hydroxylation is 1. The van der Waals surface area contributed by atoms with Crippen LogP contribution in [0.2, 0.25) is 0 Å². The second-order valence-corrected chi connectivity index (χ2v) is 7.81. The van der Waals surface area contributed by atoms with Gasteiger partial charge in [-0.05, 0) is 73.7 Å². The van der Waals surface area contributed by atoms with E-state index in [2.05, 4.69) is 11.4 Å². The Balaban J connectivity index is 1.50. The van der Waals surface area contributed by atoms with Gasteiger partial charge in [0.2, 0.25) is 0 Å². The van der Waals surface area contributed by atoms with Crippen molar-refractivity contribution in [2.75, 3.05) is 19.0 Å². The van der Waals surface area contributed by atoms with Crippen LogP contribution in [0, 0.1) is 6.92 Å². The zero-order valence-corrected chi connectivity index (χ0v) is 17.8. The summed E-state index contributed by atoms with van der Waals surface area (Å²) >= 11 is 0. The number of rotatable bonds is 6. The molecule has 31 heavy (non-hydrogen) atoms. The highest BCUT2D eigenvalue weighted by atomic mass is 16.5. The van der Waals surface area contributed by atoms with E-state index in [1.54, 1.807) is 25.3 Å². The molecule has 0 bridgehead atoms. The fraction of sp³-hybridized carbons (Fsp3) is 0.280. The summed E-state index contributed by atoms with van der Waals surface area (Å²) in [6, 6.07) is 16.8. The Morgan fingerprint density at radius 2 is 2.03 bits per heavy atom. The summed E-state index contributed by atoms with van der Waals surface area (Å²) in [6.45, 7) is 2.63. The van der Waals surface area contributed by atoms with Crippen LogP contribution in [0.25, 0.3) is 0 Å². The second-order valence-electron chi connectivity index (χ2n) is 7.81. The molecule has 2 heterocycles. The number of amides is 2. The van der Waals surface area contributed by atoms with Gasteiger partial charge in [0.05, 0.1) is 13.4 Å². The molecule has 1 aliphatic rings. The van der Waals surface area contributed by atoms with Gasteiger partial charge in [-0.15, -0.1) is 0 Å². The Kier molecular flexibility index (Phi) is 6.07. The monoisotopic (exact) mass is 418 g/mol. The number of hydrogen-bond acceptors (Lipinski definition) is 4. The van der Waals surface area contributed by atoms with Gasteiger partial charge in [-0.25, -0.2) is 0 Å². The first-order valence-corrected chi connectivity index (χ1v) is 10.4. The maximum absolute atomic E-state index is 13.3. The number of benzene rings is 2. The molecular weight excluding hydrogens is 392 g/mol. The zero-order valence-electron chi connectivity index (χ0n) is 17.8. The molecule has 1 unspecified atom stereocenters. The van der Waals surface area contributed by atoms with E-state index in [4.69, 9.17) is 9.15 Å². The molecule has 3 aromatic rings. The van der Waals surface area contributed by atoms with E-state index in [0.29, 0.717) is 11.3 Å². The normalized spacial score (nSPS) is 15.7. The van der Waals surface area contributed by atoms with Crippen LogP contribution in [0.15, 0.2) is 65.3 Å². The highest BCUT2D eigenvalue weighted by Crippen LogP contribution is 2.26. The van der Waals surface area contributed by atoms with Gasteiger partial charge in [0.1, 0.15) is 5.75 Å². The Labute approximate surface area is 181 Å². The number of anilines is 1. The minimum absolute atomic E-state index is 0.0149. The molecule has 1 aromatic heterocycles. The molecule has 160 valence electrons. The fourth-order valence-corrected chi connectivity index (χ4v) is 4.03. The zero-order chi connectivity index (χ0) is 21.8. The van der Waals surface area contributed by atoms with Crippen LogP contribution >= 0.6 is 0 Å². The van der Waals surface area contributed by atoms with Gasteiger partial charge in [0, 0.05) is 23.8 Å². The lowest BCUT2D eigenvalue weighted by Gasteiger charge is -2.25. The van der Waals surface area contributed by atoms with Crippen LogP contribution in [0.5, 0.6) is 5.75 Å². The van der Waals surface area contributed by atoms with Crippen LogP contribution in [0.4, 0.5) is 5.69 Å². The molecule has 1 saturated heterocycles. The molecule has 0 saturated carbocycles. The molecule has 0 spiro atoms. The minimum Gasteiger partial charge on any atom is -0.497 e. The van der Waals surface area contributed by atoms with Crippen LogP contribution in [-0.2, 0) is 6.42 Å². The highest BCUT2D eigenvalue weighted by Gasteiger charge is 2.30. The molecule has 6 heteroatoms. The van der Waals surface area contributed by atoms with Gasteiger partial charge in [0.25, 0.3) is 11.8 Å². The quantitative estimate of drug-likeness (QED) is 0.630. The fourth-order valence-electron chi connectivity index (χ4n) is 4.03. The van der Waals surface area contributed by atoms with Gasteiger partial charge in [-0.2, -0.15) is 0 Å². The lowest BCUT2D eigenvalue weighted by Crippen LogP contribution is -2.36. The van der Waals surface area contributed by atoms with Crippen molar-refractivity contribution < 1.29 is 18.7 Å². The van der Waals surface area contributed by atoms with E-state index in [1.165, 1.54) is 6.26 Å². The van der Waals surface area contributed by atoms with Crippen molar-refractivity contribution in [2.45, 2.75) is 32.2 Å². The Bertz CT molecular complexity index is 1070. The lowest BCUT2D eigenvalue weighted by molar-refractivity contribution is 0.0736. The molecular formula is C25H26N2O4. The Morgan fingerprint density at radius 1 is 1.16 bits per heavy atom. The maximum atomic E-state index is 13.3. The number of nitrogens with one attached hydrogen (secondary N) is 1. The van der Waals surface area contributed by atoms with E-state index in [1.807, 2.05) is 42.2 Å². The topological polar surface area (TPSA) is 71.8 Å². The van der Waals surface area contributed by atoms with Gasteiger partial charge in [-0.3, -0.25) is 9.59 Å². The van der Waals surface area contributed by atoms with E-state index in [0.717, 1.165) is 42.7 Å². The van der Waals surface area contributed by atoms with Gasteiger partial charge in [-0.1, -0.05) is 18.2 Å². The molecule has 1 atom stereocenters. The van der Waals surface area contributed by atoms with Crippen molar-refractivity contribution in [2.24, 2.45) is 0 Å². The average molecular weight is 418 g/mol. The first-order valence-electron chi connectivity index (χ1n) is 10.4. The van der Waals surface area contributed by atoms with Gasteiger partial charge in [0.15, 0.2) is 5.76 Å². The molecule has 1 N–H and O–H groups in total. The number of carbonyl (C=O) groups excluding carboxylic acids is 2. The predicted octanol–water partition coefficient (Wildman–Crippen LogP) is 4.70. The van der Waals surface area contributed by atoms with E-state index >= 15 is 0 Å². The molecule has 1 fully saturated rings. The summed E-state index contributed by atoms with van der Waals surface area (Å²) in [7, 11) is 1.66. The third-order valence-corrected chi connectivity index (χ3v) is 5.72. The van der Waals surface area contributed by atoms with E-state index in [-0.39, 0.29) is 23.6 Å². The van der Waals surface area contributed by atoms with Crippen molar-refractivity contribution in [3.8, 4) is 5.75 Å². The van der Waals surface area contributed by atoms with Crippen molar-refractivity contribution in [3.63, 3.8) is 0 Å². The minimum atomic E-state index is -0.338. The average Bonchev–Trinajstić information content (AvgIpc) is 3.47. The van der Waals surface area contributed by atoms with Gasteiger partial charge < -0.3 is 19.4 Å². The number of hydrogen-bond donors (Lipinski definition) is 1. The number of methoxy groups -OCH3 is 1. The summed E-state index contributed by atoms with van der Waals surface area (Å²) in [6.07, 6.45) is 4.19. The lowest BCUT2D eigenvalue weighted by atomic mass is 10.0. The molecule has 2 aromatic carbocycles. The third kappa shape index (κ3) is 4.63. The van der Waals surface area contributed by atoms with Crippen LogP contribution in [-0.4, -0.2) is 36.4 Å². The standard InChI is InChI=1S/C25H26N2O4/c1-17-10-11-19(16-22(17)26-24(28)23-9-5-13-31-23)25(29)27-12-4-7-20(27)14-18-6-3-8-21(15-18)30-2/h3,5-6,8-11,13,15-16,20H,4,7,12,14H2,1-2H3,(H,26,28). The van der Waals surface area contributed by atoms with Gasteiger partial charge >= 0.3 is 0 Å². The second kappa shape index (κ2) is 9.08.